The summed E-state index contributed by atoms with van der Waals surface area (Å²) < 4.78 is 5.15. The largest absolute Gasteiger partial charge is 0.501 e. The molecule has 8 heavy (non-hydrogen) atoms. The standard InChI is InChI=1S/C7H10O/c1-2-6-4-8-5-7(6)3-1/h4,7H,1-3,5H2. The third kappa shape index (κ3) is 0.473. The molecule has 0 spiro atoms. The molecule has 1 aliphatic carbocycles. The highest BCUT2D eigenvalue weighted by molar-refractivity contribution is 5.11. The van der Waals surface area contributed by atoms with E-state index in [1.54, 1.807) is 5.57 Å². The third-order valence-electron chi connectivity index (χ3n) is 2.07. The van der Waals surface area contributed by atoms with Crippen LogP contribution < -0.4 is 0 Å². The van der Waals surface area contributed by atoms with E-state index in [2.05, 4.69) is 0 Å². The van der Waals surface area contributed by atoms with Gasteiger partial charge in [0.05, 0.1) is 12.9 Å². The van der Waals surface area contributed by atoms with Gasteiger partial charge in [0.25, 0.3) is 0 Å². The Hall–Kier alpha value is -0.460. The Morgan fingerprint density at radius 2 is 2.62 bits per heavy atom. The Bertz CT molecular complexity index is 126. The van der Waals surface area contributed by atoms with E-state index in [0.29, 0.717) is 0 Å². The van der Waals surface area contributed by atoms with E-state index >= 15 is 0 Å². The Morgan fingerprint density at radius 1 is 1.62 bits per heavy atom. The Kier molecular flexibility index (Phi) is 0.833. The van der Waals surface area contributed by atoms with Gasteiger partial charge in [-0.1, -0.05) is 0 Å². The van der Waals surface area contributed by atoms with Crippen LogP contribution in [0, 0.1) is 5.92 Å². The van der Waals surface area contributed by atoms with Crippen molar-refractivity contribution in [2.75, 3.05) is 6.61 Å². The van der Waals surface area contributed by atoms with Crippen molar-refractivity contribution in [2.45, 2.75) is 19.3 Å². The zero-order valence-electron chi connectivity index (χ0n) is 4.89. The molecule has 1 nitrogen and oxygen atoms in total. The molecule has 1 fully saturated rings. The molecule has 1 unspecified atom stereocenters. The summed E-state index contributed by atoms with van der Waals surface area (Å²) >= 11 is 0. The second kappa shape index (κ2) is 1.51. The van der Waals surface area contributed by atoms with E-state index in [1.165, 1.54) is 19.3 Å². The van der Waals surface area contributed by atoms with Crippen molar-refractivity contribution in [1.82, 2.24) is 0 Å². The van der Waals surface area contributed by atoms with Crippen molar-refractivity contribution in [3.63, 3.8) is 0 Å². The van der Waals surface area contributed by atoms with E-state index in [0.717, 1.165) is 12.5 Å². The molecule has 0 N–H and O–H groups in total. The van der Waals surface area contributed by atoms with Crippen molar-refractivity contribution in [3.8, 4) is 0 Å². The molecule has 1 heterocycles. The summed E-state index contributed by atoms with van der Waals surface area (Å²) in [4.78, 5) is 0. The summed E-state index contributed by atoms with van der Waals surface area (Å²) in [5, 5.41) is 0. The van der Waals surface area contributed by atoms with Gasteiger partial charge in [0.1, 0.15) is 0 Å². The summed E-state index contributed by atoms with van der Waals surface area (Å²) in [7, 11) is 0. The van der Waals surface area contributed by atoms with E-state index < -0.39 is 0 Å². The second-order valence-corrected chi connectivity index (χ2v) is 2.62. The molecule has 1 aliphatic heterocycles. The Balaban J connectivity index is 2.20. The topological polar surface area (TPSA) is 9.23 Å². The van der Waals surface area contributed by atoms with Crippen molar-refractivity contribution in [3.05, 3.63) is 11.8 Å². The summed E-state index contributed by atoms with van der Waals surface area (Å²) in [5.41, 5.74) is 1.56. The number of rotatable bonds is 0. The molecule has 1 atom stereocenters. The lowest BCUT2D eigenvalue weighted by Gasteiger charge is -1.97. The van der Waals surface area contributed by atoms with Gasteiger partial charge in [-0.3, -0.25) is 0 Å². The van der Waals surface area contributed by atoms with Crippen LogP contribution in [0.25, 0.3) is 0 Å². The molecule has 0 amide bonds. The summed E-state index contributed by atoms with van der Waals surface area (Å²) in [6.45, 7) is 0.968. The van der Waals surface area contributed by atoms with Crippen LogP contribution in [-0.2, 0) is 4.74 Å². The number of fused-ring (bicyclic) bond motifs is 1. The predicted octanol–water partition coefficient (Wildman–Crippen LogP) is 1.70. The van der Waals surface area contributed by atoms with Gasteiger partial charge in [-0.25, -0.2) is 0 Å². The highest BCUT2D eigenvalue weighted by Crippen LogP contribution is 2.34. The molecule has 0 saturated heterocycles. The monoisotopic (exact) mass is 110 g/mol. The van der Waals surface area contributed by atoms with Gasteiger partial charge in [-0.2, -0.15) is 0 Å². The van der Waals surface area contributed by atoms with Gasteiger partial charge < -0.3 is 4.74 Å². The lowest BCUT2D eigenvalue weighted by Crippen LogP contribution is -1.95. The molecule has 2 rings (SSSR count). The first-order valence-corrected chi connectivity index (χ1v) is 3.27. The molecule has 0 bridgehead atoms. The minimum atomic E-state index is 0.815. The number of ether oxygens (including phenoxy) is 1. The SMILES string of the molecule is C1=C2CCCC2CO1. The molecule has 0 radical (unpaired) electrons. The molecule has 0 aromatic carbocycles. The molecule has 2 aliphatic rings. The quantitative estimate of drug-likeness (QED) is 0.461. The van der Waals surface area contributed by atoms with Crippen LogP contribution >= 0.6 is 0 Å². The molecular formula is C7H10O. The first-order chi connectivity index (χ1) is 3.97. The molecular weight excluding hydrogens is 100 g/mol. The zero-order chi connectivity index (χ0) is 5.40. The average molecular weight is 110 g/mol. The molecule has 1 saturated carbocycles. The van der Waals surface area contributed by atoms with Crippen molar-refractivity contribution in [1.29, 1.82) is 0 Å². The normalized spacial score (nSPS) is 34.0. The Morgan fingerprint density at radius 3 is 3.50 bits per heavy atom. The van der Waals surface area contributed by atoms with Gasteiger partial charge >= 0.3 is 0 Å². The van der Waals surface area contributed by atoms with Crippen molar-refractivity contribution in [2.24, 2.45) is 5.92 Å². The van der Waals surface area contributed by atoms with Crippen LogP contribution in [0.2, 0.25) is 0 Å². The minimum Gasteiger partial charge on any atom is -0.501 e. The fourth-order valence-corrected chi connectivity index (χ4v) is 1.56. The van der Waals surface area contributed by atoms with Crippen LogP contribution in [0.3, 0.4) is 0 Å². The smallest absolute Gasteiger partial charge is 0.0939 e. The maximum atomic E-state index is 5.15. The van der Waals surface area contributed by atoms with E-state index in [1.807, 2.05) is 6.26 Å². The van der Waals surface area contributed by atoms with E-state index in [4.69, 9.17) is 4.74 Å². The fourth-order valence-electron chi connectivity index (χ4n) is 1.56. The highest BCUT2D eigenvalue weighted by Gasteiger charge is 2.24. The molecule has 0 aromatic rings. The number of hydrogen-bond acceptors (Lipinski definition) is 1. The summed E-state index contributed by atoms with van der Waals surface area (Å²) in [6.07, 6.45) is 6.01. The van der Waals surface area contributed by atoms with Crippen LogP contribution in [0.5, 0.6) is 0 Å². The minimum absolute atomic E-state index is 0.815. The van der Waals surface area contributed by atoms with Gasteiger partial charge in [0, 0.05) is 5.92 Å². The Labute approximate surface area is 49.3 Å². The van der Waals surface area contributed by atoms with Crippen LogP contribution in [0.15, 0.2) is 11.8 Å². The number of hydrogen-bond donors (Lipinski definition) is 0. The maximum absolute atomic E-state index is 5.15. The van der Waals surface area contributed by atoms with Crippen molar-refractivity contribution >= 4 is 0 Å². The zero-order valence-corrected chi connectivity index (χ0v) is 4.89. The third-order valence-corrected chi connectivity index (χ3v) is 2.07. The summed E-state index contributed by atoms with van der Waals surface area (Å²) in [6, 6.07) is 0. The van der Waals surface area contributed by atoms with Gasteiger partial charge in [-0.15, -0.1) is 0 Å². The molecule has 44 valence electrons. The average Bonchev–Trinajstić information content (AvgIpc) is 2.15. The lowest BCUT2D eigenvalue weighted by molar-refractivity contribution is 0.246. The summed E-state index contributed by atoms with van der Waals surface area (Å²) in [5.74, 6) is 0.815. The predicted molar refractivity (Wildman–Crippen MR) is 31.4 cm³/mol. The van der Waals surface area contributed by atoms with Gasteiger partial charge in [0.2, 0.25) is 0 Å². The first kappa shape index (κ1) is 4.42. The molecule has 0 aromatic heterocycles. The second-order valence-electron chi connectivity index (χ2n) is 2.62. The maximum Gasteiger partial charge on any atom is 0.0939 e. The van der Waals surface area contributed by atoms with Gasteiger partial charge in [0.15, 0.2) is 0 Å². The fraction of sp³-hybridized carbons (Fsp3) is 0.714. The first-order valence-electron chi connectivity index (χ1n) is 3.27. The van der Waals surface area contributed by atoms with Gasteiger partial charge in [-0.05, 0) is 24.8 Å². The van der Waals surface area contributed by atoms with Crippen LogP contribution in [-0.4, -0.2) is 6.61 Å². The lowest BCUT2D eigenvalue weighted by atomic mass is 10.1. The highest BCUT2D eigenvalue weighted by atomic mass is 16.5. The van der Waals surface area contributed by atoms with Crippen LogP contribution in [0.1, 0.15) is 19.3 Å². The van der Waals surface area contributed by atoms with E-state index in [-0.39, 0.29) is 0 Å². The van der Waals surface area contributed by atoms with Crippen molar-refractivity contribution < 1.29 is 4.74 Å². The van der Waals surface area contributed by atoms with Crippen LogP contribution in [0.4, 0.5) is 0 Å². The molecule has 1 heteroatoms. The van der Waals surface area contributed by atoms with E-state index in [9.17, 15) is 0 Å².